The summed E-state index contributed by atoms with van der Waals surface area (Å²) in [6.45, 7) is 7.24. The van der Waals surface area contributed by atoms with Crippen LogP contribution in [-0.4, -0.2) is 34.4 Å². The fourth-order valence-corrected chi connectivity index (χ4v) is 2.76. The fourth-order valence-electron chi connectivity index (χ4n) is 2.61. The molecule has 112 valence electrons. The molecule has 0 radical (unpaired) electrons. The van der Waals surface area contributed by atoms with Gasteiger partial charge < -0.3 is 10.1 Å². The molecule has 1 atom stereocenters. The smallest absolute Gasteiger partial charge is 0.328 e. The first kappa shape index (κ1) is 15.3. The Bertz CT molecular complexity index is 465. The molecule has 1 unspecified atom stereocenters. The molecule has 1 aliphatic rings. The molecule has 5 nitrogen and oxygen atoms in total. The molecule has 0 aromatic carbocycles. The second-order valence-electron chi connectivity index (χ2n) is 5.26. The van der Waals surface area contributed by atoms with Crippen LogP contribution < -0.4 is 5.32 Å². The Kier molecular flexibility index (Phi) is 4.70. The minimum absolute atomic E-state index is 0.186. The topological polar surface area (TPSA) is 56.2 Å². The molecule has 0 amide bonds. The molecule has 6 heteroatoms. The third kappa shape index (κ3) is 2.99. The van der Waals surface area contributed by atoms with Crippen molar-refractivity contribution in [2.45, 2.75) is 45.7 Å². The van der Waals surface area contributed by atoms with Crippen molar-refractivity contribution in [2.75, 3.05) is 13.2 Å². The van der Waals surface area contributed by atoms with Crippen LogP contribution in [0.3, 0.4) is 0 Å². The zero-order valence-electron chi connectivity index (χ0n) is 12.3. The Morgan fingerprint density at radius 3 is 2.75 bits per heavy atom. The number of nitrogens with one attached hydrogen (secondary N) is 1. The van der Waals surface area contributed by atoms with Crippen LogP contribution in [0, 0.1) is 12.8 Å². The highest BCUT2D eigenvalue weighted by Gasteiger charge is 2.52. The molecular weight excluding hydrogens is 278 g/mol. The predicted molar refractivity (Wildman–Crippen MR) is 77.7 cm³/mol. The van der Waals surface area contributed by atoms with Crippen LogP contribution >= 0.6 is 11.6 Å². The van der Waals surface area contributed by atoms with E-state index in [1.54, 1.807) is 10.9 Å². The summed E-state index contributed by atoms with van der Waals surface area (Å²) in [6.07, 6.45) is 3.85. The third-order valence-electron chi connectivity index (χ3n) is 3.70. The Balaban J connectivity index is 2.27. The Labute approximate surface area is 124 Å². The second-order valence-corrected chi connectivity index (χ2v) is 5.66. The zero-order valence-corrected chi connectivity index (χ0v) is 13.0. The number of hydrogen-bond acceptors (Lipinski definition) is 4. The zero-order chi connectivity index (χ0) is 14.8. The van der Waals surface area contributed by atoms with Crippen molar-refractivity contribution in [3.8, 4) is 0 Å². The van der Waals surface area contributed by atoms with Gasteiger partial charge in [0, 0.05) is 6.20 Å². The summed E-state index contributed by atoms with van der Waals surface area (Å²) in [4.78, 5) is 12.5. The van der Waals surface area contributed by atoms with E-state index in [-0.39, 0.29) is 5.97 Å². The number of carbonyl (C=O) groups excluding carboxylic acids is 1. The number of nitrogens with zero attached hydrogens (tertiary/aromatic N) is 2. The van der Waals surface area contributed by atoms with Crippen molar-refractivity contribution >= 4 is 17.6 Å². The third-order valence-corrected chi connectivity index (χ3v) is 4.08. The number of esters is 1. The molecule has 0 saturated heterocycles. The number of hydrogen-bond donors (Lipinski definition) is 1. The van der Waals surface area contributed by atoms with Gasteiger partial charge in [0.15, 0.2) is 0 Å². The highest BCUT2D eigenvalue weighted by molar-refractivity contribution is 6.31. The molecule has 1 saturated carbocycles. The van der Waals surface area contributed by atoms with Crippen LogP contribution in [0.5, 0.6) is 0 Å². The van der Waals surface area contributed by atoms with Crippen LogP contribution in [0.4, 0.5) is 0 Å². The largest absolute Gasteiger partial charge is 0.465 e. The quantitative estimate of drug-likeness (QED) is 0.784. The van der Waals surface area contributed by atoms with Crippen molar-refractivity contribution in [3.05, 3.63) is 16.9 Å². The fraction of sp³-hybridized carbons (Fsp3) is 0.714. The van der Waals surface area contributed by atoms with Gasteiger partial charge in [-0.25, -0.2) is 4.79 Å². The molecule has 1 fully saturated rings. The van der Waals surface area contributed by atoms with Gasteiger partial charge in [0.1, 0.15) is 5.54 Å². The van der Waals surface area contributed by atoms with Gasteiger partial charge in [0.05, 0.1) is 23.9 Å². The monoisotopic (exact) mass is 299 g/mol. The summed E-state index contributed by atoms with van der Waals surface area (Å²) in [5.41, 5.74) is 0.0868. The first-order valence-corrected chi connectivity index (χ1v) is 7.53. The predicted octanol–water partition coefficient (Wildman–Crippen LogP) is 2.17. The summed E-state index contributed by atoms with van der Waals surface area (Å²) in [5, 5.41) is 8.33. The molecule has 1 N–H and O–H groups in total. The van der Waals surface area contributed by atoms with Gasteiger partial charge >= 0.3 is 5.97 Å². The minimum atomic E-state index is -0.688. The molecule has 1 aromatic rings. The number of carbonyl (C=O) groups is 1. The molecule has 1 aliphatic carbocycles. The van der Waals surface area contributed by atoms with E-state index < -0.39 is 5.54 Å². The number of aromatic nitrogens is 2. The van der Waals surface area contributed by atoms with Crippen molar-refractivity contribution in [2.24, 2.45) is 5.92 Å². The highest BCUT2D eigenvalue weighted by Crippen LogP contribution is 2.41. The normalized spacial score (nSPS) is 17.8. The van der Waals surface area contributed by atoms with Gasteiger partial charge in [0.25, 0.3) is 0 Å². The Morgan fingerprint density at radius 2 is 2.30 bits per heavy atom. The lowest BCUT2D eigenvalue weighted by Gasteiger charge is -2.32. The Morgan fingerprint density at radius 1 is 1.60 bits per heavy atom. The van der Waals surface area contributed by atoms with Crippen LogP contribution in [-0.2, 0) is 16.1 Å². The van der Waals surface area contributed by atoms with E-state index in [4.69, 9.17) is 16.3 Å². The maximum absolute atomic E-state index is 12.5. The lowest BCUT2D eigenvalue weighted by atomic mass is 9.93. The average Bonchev–Trinajstić information content (AvgIpc) is 3.18. The molecule has 0 spiro atoms. The van der Waals surface area contributed by atoms with E-state index in [9.17, 15) is 4.79 Å². The summed E-state index contributed by atoms with van der Waals surface area (Å²) in [7, 11) is 0. The first-order valence-electron chi connectivity index (χ1n) is 7.15. The van der Waals surface area contributed by atoms with Gasteiger partial charge in [-0.15, -0.1) is 0 Å². The van der Waals surface area contributed by atoms with Crippen molar-refractivity contribution < 1.29 is 9.53 Å². The number of halogens is 1. The molecule has 1 aromatic heterocycles. The maximum Gasteiger partial charge on any atom is 0.328 e. The van der Waals surface area contributed by atoms with E-state index in [1.165, 1.54) is 0 Å². The lowest BCUT2D eigenvalue weighted by molar-refractivity contribution is -0.153. The van der Waals surface area contributed by atoms with Crippen LogP contribution in [0.15, 0.2) is 6.20 Å². The average molecular weight is 300 g/mol. The number of aryl methyl sites for hydroxylation is 1. The van der Waals surface area contributed by atoms with E-state index >= 15 is 0 Å². The standard InChI is InChI=1S/C14H22ClN3O2/c1-4-16-14(11-6-7-11,13(19)20-5-2)9-18-8-12(15)10(3)17-18/h8,11,16H,4-7,9H2,1-3H3. The van der Waals surface area contributed by atoms with Crippen LogP contribution in [0.2, 0.25) is 5.02 Å². The van der Waals surface area contributed by atoms with Crippen molar-refractivity contribution in [1.82, 2.24) is 15.1 Å². The summed E-state index contributed by atoms with van der Waals surface area (Å²) in [5.74, 6) is 0.124. The van der Waals surface area contributed by atoms with E-state index in [1.807, 2.05) is 20.8 Å². The second kappa shape index (κ2) is 6.14. The maximum atomic E-state index is 12.5. The van der Waals surface area contributed by atoms with Crippen molar-refractivity contribution in [1.29, 1.82) is 0 Å². The summed E-state index contributed by atoms with van der Waals surface area (Å²) in [6, 6.07) is 0. The van der Waals surface area contributed by atoms with E-state index in [0.29, 0.717) is 30.6 Å². The van der Waals surface area contributed by atoms with Gasteiger partial charge in [-0.1, -0.05) is 18.5 Å². The van der Waals surface area contributed by atoms with E-state index in [2.05, 4.69) is 10.4 Å². The lowest BCUT2D eigenvalue weighted by Crippen LogP contribution is -2.57. The molecule has 0 aliphatic heterocycles. The SMILES string of the molecule is CCNC(Cn1cc(Cl)c(C)n1)(C(=O)OCC)C1CC1. The highest BCUT2D eigenvalue weighted by atomic mass is 35.5. The molecule has 20 heavy (non-hydrogen) atoms. The molecule has 0 bridgehead atoms. The van der Waals surface area contributed by atoms with E-state index in [0.717, 1.165) is 18.5 Å². The molecule has 2 rings (SSSR count). The number of rotatable bonds is 7. The van der Waals surface area contributed by atoms with Gasteiger partial charge in [-0.3, -0.25) is 4.68 Å². The molecule has 1 heterocycles. The van der Waals surface area contributed by atoms with Gasteiger partial charge in [0.2, 0.25) is 0 Å². The van der Waals surface area contributed by atoms with Crippen LogP contribution in [0.1, 0.15) is 32.4 Å². The van der Waals surface area contributed by atoms with Crippen LogP contribution in [0.25, 0.3) is 0 Å². The first-order chi connectivity index (χ1) is 9.53. The minimum Gasteiger partial charge on any atom is -0.465 e. The van der Waals surface area contributed by atoms with Crippen molar-refractivity contribution in [3.63, 3.8) is 0 Å². The van der Waals surface area contributed by atoms with Gasteiger partial charge in [-0.2, -0.15) is 5.10 Å². The summed E-state index contributed by atoms with van der Waals surface area (Å²) < 4.78 is 7.04. The number of ether oxygens (including phenoxy) is 1. The number of likely N-dealkylation sites (N-methyl/N-ethyl adjacent to an activating group) is 1. The van der Waals surface area contributed by atoms with Gasteiger partial charge in [-0.05, 0) is 39.2 Å². The molecular formula is C14H22ClN3O2. The Hall–Kier alpha value is -1.07. The summed E-state index contributed by atoms with van der Waals surface area (Å²) >= 11 is 6.05.